The number of nitriles is 1. The third kappa shape index (κ3) is 7.11. The Morgan fingerprint density at radius 1 is 1.48 bits per heavy atom. The van der Waals surface area contributed by atoms with Gasteiger partial charge in [-0.3, -0.25) is 4.79 Å². The summed E-state index contributed by atoms with van der Waals surface area (Å²) >= 11 is 3.50. The molecule has 6 heteroatoms. The highest BCUT2D eigenvalue weighted by atomic mass is 79.9. The minimum atomic E-state index is -0.227. The van der Waals surface area contributed by atoms with Gasteiger partial charge in [0, 0.05) is 23.6 Å². The first-order chi connectivity index (χ1) is 10.0. The van der Waals surface area contributed by atoms with Gasteiger partial charge in [-0.25, -0.2) is 0 Å². The van der Waals surface area contributed by atoms with Crippen LogP contribution in [0.5, 0.6) is 5.75 Å². The van der Waals surface area contributed by atoms with Crippen molar-refractivity contribution in [1.82, 2.24) is 10.6 Å². The van der Waals surface area contributed by atoms with Crippen LogP contribution < -0.4 is 15.4 Å². The smallest absolute Gasteiger partial charge is 0.257 e. The summed E-state index contributed by atoms with van der Waals surface area (Å²) in [4.78, 5) is 11.5. The predicted octanol–water partition coefficient (Wildman–Crippen LogP) is 2.36. The Morgan fingerprint density at radius 3 is 2.90 bits per heavy atom. The second kappa shape index (κ2) is 9.37. The molecule has 0 aromatic heterocycles. The third-order valence-electron chi connectivity index (χ3n) is 2.65. The molecule has 5 nitrogen and oxygen atoms in total. The molecular formula is C15H20BrN3O2. The number of carbonyl (C=O) groups excluding carboxylic acids is 1. The van der Waals surface area contributed by atoms with Crippen molar-refractivity contribution in [2.75, 3.05) is 13.2 Å². The monoisotopic (exact) mass is 353 g/mol. The zero-order chi connectivity index (χ0) is 15.7. The highest BCUT2D eigenvalue weighted by molar-refractivity contribution is 9.10. The molecule has 0 aliphatic rings. The molecule has 0 spiro atoms. The number of nitrogens with zero attached hydrogens (tertiary/aromatic N) is 1. The van der Waals surface area contributed by atoms with Gasteiger partial charge in [0.1, 0.15) is 5.75 Å². The Hall–Kier alpha value is -1.58. The first-order valence-electron chi connectivity index (χ1n) is 6.81. The number of benzene rings is 1. The number of ether oxygens (including phenoxy) is 1. The van der Waals surface area contributed by atoms with Gasteiger partial charge >= 0.3 is 0 Å². The molecule has 0 aliphatic carbocycles. The highest BCUT2D eigenvalue weighted by Crippen LogP contribution is 2.22. The molecule has 1 amide bonds. The van der Waals surface area contributed by atoms with Crippen LogP contribution in [-0.2, 0) is 11.3 Å². The zero-order valence-corrected chi connectivity index (χ0v) is 13.9. The van der Waals surface area contributed by atoms with Crippen molar-refractivity contribution in [2.45, 2.75) is 32.9 Å². The molecule has 0 bridgehead atoms. The maximum Gasteiger partial charge on any atom is 0.257 e. The molecule has 0 saturated carbocycles. The average molecular weight is 354 g/mol. The molecule has 0 radical (unpaired) electrons. The summed E-state index contributed by atoms with van der Waals surface area (Å²) in [6.07, 6.45) is 0.301. The van der Waals surface area contributed by atoms with E-state index in [1.165, 1.54) is 0 Å². The summed E-state index contributed by atoms with van der Waals surface area (Å²) in [6, 6.07) is 7.98. The van der Waals surface area contributed by atoms with E-state index in [9.17, 15) is 4.79 Å². The Morgan fingerprint density at radius 2 is 2.24 bits per heavy atom. The van der Waals surface area contributed by atoms with Crippen molar-refractivity contribution < 1.29 is 9.53 Å². The van der Waals surface area contributed by atoms with Crippen molar-refractivity contribution in [3.05, 3.63) is 28.2 Å². The van der Waals surface area contributed by atoms with Crippen molar-refractivity contribution in [2.24, 2.45) is 0 Å². The highest BCUT2D eigenvalue weighted by Gasteiger charge is 2.06. The van der Waals surface area contributed by atoms with E-state index in [1.54, 1.807) is 0 Å². The van der Waals surface area contributed by atoms with Gasteiger partial charge in [-0.15, -0.1) is 0 Å². The van der Waals surface area contributed by atoms with Crippen LogP contribution in [0, 0.1) is 11.3 Å². The van der Waals surface area contributed by atoms with Gasteiger partial charge < -0.3 is 15.4 Å². The van der Waals surface area contributed by atoms with Gasteiger partial charge in [0.05, 0.1) is 12.5 Å². The molecule has 2 N–H and O–H groups in total. The van der Waals surface area contributed by atoms with E-state index in [0.29, 0.717) is 24.8 Å². The van der Waals surface area contributed by atoms with Crippen LogP contribution in [0.3, 0.4) is 0 Å². The molecule has 1 rings (SSSR count). The summed E-state index contributed by atoms with van der Waals surface area (Å²) in [5.41, 5.74) is 1.08. The minimum Gasteiger partial charge on any atom is -0.484 e. The van der Waals surface area contributed by atoms with Gasteiger partial charge in [-0.2, -0.15) is 5.26 Å². The first-order valence-corrected chi connectivity index (χ1v) is 7.60. The van der Waals surface area contributed by atoms with Crippen LogP contribution in [0.15, 0.2) is 22.7 Å². The maximum atomic E-state index is 11.5. The second-order valence-electron chi connectivity index (χ2n) is 4.84. The largest absolute Gasteiger partial charge is 0.484 e. The lowest BCUT2D eigenvalue weighted by Gasteiger charge is -2.12. The van der Waals surface area contributed by atoms with Crippen molar-refractivity contribution in [3.63, 3.8) is 0 Å². The van der Waals surface area contributed by atoms with Gasteiger partial charge in [-0.1, -0.05) is 29.8 Å². The van der Waals surface area contributed by atoms with Crippen molar-refractivity contribution in [1.29, 1.82) is 5.26 Å². The first kappa shape index (κ1) is 17.5. The number of rotatable bonds is 8. The molecule has 0 aliphatic heterocycles. The fourth-order valence-electron chi connectivity index (χ4n) is 1.55. The normalized spacial score (nSPS) is 10.2. The van der Waals surface area contributed by atoms with Gasteiger partial charge in [0.15, 0.2) is 6.61 Å². The number of amides is 1. The fourth-order valence-corrected chi connectivity index (χ4v) is 1.93. The summed E-state index contributed by atoms with van der Waals surface area (Å²) in [5, 5.41) is 14.3. The molecule has 1 aromatic carbocycles. The third-order valence-corrected chi connectivity index (χ3v) is 3.42. The maximum absolute atomic E-state index is 11.5. The Bertz CT molecular complexity index is 512. The number of hydrogen-bond acceptors (Lipinski definition) is 4. The van der Waals surface area contributed by atoms with Gasteiger partial charge in [0.2, 0.25) is 0 Å². The van der Waals surface area contributed by atoms with Gasteiger partial charge in [-0.05, 0) is 23.8 Å². The minimum absolute atomic E-state index is 0.0515. The molecule has 0 saturated heterocycles. The van der Waals surface area contributed by atoms with Crippen LogP contribution in [0.4, 0.5) is 0 Å². The lowest BCUT2D eigenvalue weighted by molar-refractivity contribution is -0.123. The Balaban J connectivity index is 2.50. The van der Waals surface area contributed by atoms with Gasteiger partial charge in [0.25, 0.3) is 5.91 Å². The standard InChI is InChI=1S/C15H20BrN3O2/c1-11(2)19-9-12-8-13(4-5-14(12)16)21-10-15(20)18-7-3-6-17/h4-5,8,11,19H,3,7,9-10H2,1-2H3,(H,18,20). The molecule has 21 heavy (non-hydrogen) atoms. The molecule has 1 aromatic rings. The number of carbonyl (C=O) groups is 1. The SMILES string of the molecule is CC(C)NCc1cc(OCC(=O)NCCC#N)ccc1Br. The van der Waals surface area contributed by atoms with Crippen molar-refractivity contribution in [3.8, 4) is 11.8 Å². The summed E-state index contributed by atoms with van der Waals surface area (Å²) in [5.74, 6) is 0.421. The molecule has 0 unspecified atom stereocenters. The zero-order valence-electron chi connectivity index (χ0n) is 12.3. The van der Waals surface area contributed by atoms with Crippen LogP contribution >= 0.6 is 15.9 Å². The van der Waals surface area contributed by atoms with E-state index in [2.05, 4.69) is 40.4 Å². The summed E-state index contributed by atoms with van der Waals surface area (Å²) < 4.78 is 6.46. The lowest BCUT2D eigenvalue weighted by Crippen LogP contribution is -2.29. The van der Waals surface area contributed by atoms with E-state index < -0.39 is 0 Å². The molecular weight excluding hydrogens is 334 g/mol. The number of hydrogen-bond donors (Lipinski definition) is 2. The van der Waals surface area contributed by atoms with Crippen LogP contribution in [-0.4, -0.2) is 25.1 Å². The van der Waals surface area contributed by atoms with Crippen LogP contribution in [0.25, 0.3) is 0 Å². The number of halogens is 1. The van der Waals surface area contributed by atoms with Crippen LogP contribution in [0.1, 0.15) is 25.8 Å². The van der Waals surface area contributed by atoms with E-state index >= 15 is 0 Å². The van der Waals surface area contributed by atoms with E-state index in [0.717, 1.165) is 16.6 Å². The molecule has 0 atom stereocenters. The van der Waals surface area contributed by atoms with Crippen molar-refractivity contribution >= 4 is 21.8 Å². The van der Waals surface area contributed by atoms with Crippen LogP contribution in [0.2, 0.25) is 0 Å². The molecule has 114 valence electrons. The predicted molar refractivity (Wildman–Crippen MR) is 84.9 cm³/mol. The Labute approximate surface area is 133 Å². The topological polar surface area (TPSA) is 74.2 Å². The van der Waals surface area contributed by atoms with E-state index in [-0.39, 0.29) is 12.5 Å². The quantitative estimate of drug-likeness (QED) is 0.703. The summed E-state index contributed by atoms with van der Waals surface area (Å²) in [6.45, 7) is 5.19. The fraction of sp³-hybridized carbons (Fsp3) is 0.467. The lowest BCUT2D eigenvalue weighted by atomic mass is 10.2. The number of nitrogens with one attached hydrogen (secondary N) is 2. The second-order valence-corrected chi connectivity index (χ2v) is 5.69. The van der Waals surface area contributed by atoms with E-state index in [1.807, 2.05) is 24.3 Å². The average Bonchev–Trinajstić information content (AvgIpc) is 2.45. The molecule has 0 fully saturated rings. The summed E-state index contributed by atoms with van der Waals surface area (Å²) in [7, 11) is 0. The molecule has 0 heterocycles. The Kier molecular flexibility index (Phi) is 7.80. The van der Waals surface area contributed by atoms with E-state index in [4.69, 9.17) is 10.00 Å².